The number of alkyl halides is 3. The highest BCUT2D eigenvalue weighted by Crippen LogP contribution is 2.50. The van der Waals surface area contributed by atoms with Crippen LogP contribution in [0.1, 0.15) is 6.92 Å². The van der Waals surface area contributed by atoms with E-state index in [4.69, 9.17) is 54.1 Å². The maximum atomic E-state index is 10.7. The second-order valence-corrected chi connectivity index (χ2v) is 7.52. The molecule has 7 nitrogen and oxygen atoms in total. The molecule has 0 aromatic heterocycles. The van der Waals surface area contributed by atoms with E-state index >= 15 is 0 Å². The Labute approximate surface area is 125 Å². The van der Waals surface area contributed by atoms with Crippen molar-refractivity contribution >= 4 is 48.3 Å². The van der Waals surface area contributed by atoms with Gasteiger partial charge in [0.1, 0.15) is 0 Å². The summed E-state index contributed by atoms with van der Waals surface area (Å²) >= 11 is 15.8. The number of carbonyl (C=O) groups is 1. The maximum Gasteiger partial charge on any atom is 0.352 e. The average molecular weight is 359 g/mol. The van der Waals surface area contributed by atoms with Gasteiger partial charge in [-0.15, -0.1) is 0 Å². The van der Waals surface area contributed by atoms with Crippen LogP contribution >= 0.6 is 42.4 Å². The van der Waals surface area contributed by atoms with Crippen LogP contribution in [0.15, 0.2) is 0 Å². The Balaban J connectivity index is 0.000000443. The predicted molar refractivity (Wildman–Crippen MR) is 71.6 cm³/mol. The number of ether oxygens (including phenoxy) is 2. The van der Waals surface area contributed by atoms with Gasteiger partial charge in [0.25, 0.3) is 0 Å². The minimum atomic E-state index is -4.68. The second kappa shape index (κ2) is 8.64. The van der Waals surface area contributed by atoms with E-state index in [2.05, 4.69) is 0 Å². The van der Waals surface area contributed by atoms with Crippen molar-refractivity contribution in [2.24, 2.45) is 0 Å². The van der Waals surface area contributed by atoms with Crippen LogP contribution in [0.3, 0.4) is 0 Å². The topological polar surface area (TPSA) is 105 Å². The Morgan fingerprint density at radius 2 is 1.58 bits per heavy atom. The van der Waals surface area contributed by atoms with Crippen molar-refractivity contribution in [1.82, 2.24) is 5.32 Å². The van der Waals surface area contributed by atoms with Crippen molar-refractivity contribution in [2.75, 3.05) is 26.4 Å². The molecule has 0 aromatic carbocycles. The summed E-state index contributed by atoms with van der Waals surface area (Å²) in [6.45, 7) is 4.17. The molecule has 0 aromatic rings. The highest BCUT2D eigenvalue weighted by molar-refractivity contribution is 7.53. The third-order valence-electron chi connectivity index (χ3n) is 1.73. The van der Waals surface area contributed by atoms with Gasteiger partial charge in [-0.2, -0.15) is 0 Å². The number of nitrogens with one attached hydrogen (secondary N) is 1. The molecule has 1 aliphatic heterocycles. The number of rotatable bonds is 2. The van der Waals surface area contributed by atoms with Crippen molar-refractivity contribution in [3.63, 3.8) is 0 Å². The fourth-order valence-corrected chi connectivity index (χ4v) is 3.03. The molecule has 19 heavy (non-hydrogen) atoms. The largest absolute Gasteiger partial charge is 0.377 e. The molecule has 0 spiro atoms. The van der Waals surface area contributed by atoms with E-state index in [1.54, 1.807) is 0 Å². The Morgan fingerprint density at radius 3 is 1.68 bits per heavy atom. The molecule has 1 heterocycles. The Hall–Kier alpha value is 0.410. The zero-order valence-electron chi connectivity index (χ0n) is 10.0. The van der Waals surface area contributed by atoms with Gasteiger partial charge in [0, 0.05) is 6.92 Å². The first-order chi connectivity index (χ1) is 8.55. The molecule has 1 fully saturated rings. The van der Waals surface area contributed by atoms with Gasteiger partial charge in [0.05, 0.1) is 26.4 Å². The molecular weight excluding hydrogens is 343 g/mol. The molecule has 3 N–H and O–H groups in total. The summed E-state index contributed by atoms with van der Waals surface area (Å²) in [6.07, 6.45) is 0. The van der Waals surface area contributed by atoms with Crippen LogP contribution in [0.4, 0.5) is 0 Å². The lowest BCUT2D eigenvalue weighted by atomic mass is 10.6. The third kappa shape index (κ3) is 9.87. The smallest absolute Gasteiger partial charge is 0.352 e. The number of hydrogen-bond acceptors (Lipinski definition) is 4. The quantitative estimate of drug-likeness (QED) is 0.503. The summed E-state index contributed by atoms with van der Waals surface area (Å²) in [5.41, 5.74) is 0. The Bertz CT molecular complexity index is 315. The van der Waals surface area contributed by atoms with E-state index < -0.39 is 23.1 Å². The number of hydrogen-bond donors (Lipinski definition) is 3. The number of halogens is 3. The second-order valence-electron chi connectivity index (χ2n) is 3.46. The molecule has 1 saturated heterocycles. The zero-order valence-corrected chi connectivity index (χ0v) is 13.2. The zero-order chi connectivity index (χ0) is 15.1. The lowest BCUT2D eigenvalue weighted by molar-refractivity contribution is -0.119. The maximum absolute atomic E-state index is 10.7. The summed E-state index contributed by atoms with van der Waals surface area (Å²) in [7, 11) is -4.68. The first kappa shape index (κ1) is 19.4. The molecule has 0 aliphatic carbocycles. The lowest BCUT2D eigenvalue weighted by Crippen LogP contribution is -2.42. The van der Waals surface area contributed by atoms with E-state index in [1.165, 1.54) is 0 Å². The van der Waals surface area contributed by atoms with Crippen molar-refractivity contribution in [2.45, 2.75) is 16.5 Å². The molecule has 0 radical (unpaired) electrons. The van der Waals surface area contributed by atoms with Gasteiger partial charge in [-0.1, -0.05) is 34.8 Å². The normalized spacial score (nSPS) is 18.0. The van der Waals surface area contributed by atoms with E-state index in [0.717, 1.165) is 33.4 Å². The molecule has 11 heteroatoms. The molecule has 1 amide bonds. The molecule has 1 atom stereocenters. The van der Waals surface area contributed by atoms with E-state index in [-0.39, 0.29) is 0 Å². The van der Waals surface area contributed by atoms with Crippen LogP contribution in [0.25, 0.3) is 0 Å². The van der Waals surface area contributed by atoms with Gasteiger partial charge >= 0.3 is 7.60 Å². The van der Waals surface area contributed by atoms with Crippen molar-refractivity contribution in [3.05, 3.63) is 0 Å². The molecular formula is C8H15Cl3NO6P. The molecule has 0 bridgehead atoms. The highest BCUT2D eigenvalue weighted by Gasteiger charge is 2.45. The lowest BCUT2D eigenvalue weighted by Gasteiger charge is -2.25. The summed E-state index contributed by atoms with van der Waals surface area (Å²) in [6, 6.07) is 0. The van der Waals surface area contributed by atoms with Gasteiger partial charge in [-0.25, -0.2) is 0 Å². The van der Waals surface area contributed by atoms with Crippen LogP contribution < -0.4 is 5.32 Å². The summed E-state index contributed by atoms with van der Waals surface area (Å²) in [5.74, 6) is -2.53. The van der Waals surface area contributed by atoms with Crippen molar-refractivity contribution in [3.8, 4) is 0 Å². The first-order valence-corrected chi connectivity index (χ1v) is 7.91. The van der Waals surface area contributed by atoms with E-state index in [0.29, 0.717) is 0 Å². The summed E-state index contributed by atoms with van der Waals surface area (Å²) in [4.78, 5) is 27.9. The monoisotopic (exact) mass is 357 g/mol. The van der Waals surface area contributed by atoms with Crippen LogP contribution in [0.5, 0.6) is 0 Å². The fourth-order valence-electron chi connectivity index (χ4n) is 0.989. The first-order valence-electron chi connectivity index (χ1n) is 5.09. The SMILES string of the molecule is C1COCCO1.CC(=O)NC(C(Cl)(Cl)Cl)P(=O)(O)O. The van der Waals surface area contributed by atoms with Crippen LogP contribution in [0, 0.1) is 0 Å². The Kier molecular flexibility index (Phi) is 8.83. The summed E-state index contributed by atoms with van der Waals surface area (Å²) < 4.78 is 18.4. The van der Waals surface area contributed by atoms with Crippen molar-refractivity contribution in [1.29, 1.82) is 0 Å². The van der Waals surface area contributed by atoms with E-state index in [1.807, 2.05) is 5.32 Å². The molecule has 1 aliphatic rings. The minimum absolute atomic E-state index is 0.695. The molecule has 1 rings (SSSR count). The van der Waals surface area contributed by atoms with Gasteiger partial charge in [0.2, 0.25) is 9.70 Å². The van der Waals surface area contributed by atoms with Crippen LogP contribution in [0.2, 0.25) is 0 Å². The average Bonchev–Trinajstić information content (AvgIpc) is 2.26. The van der Waals surface area contributed by atoms with Gasteiger partial charge in [-0.3, -0.25) is 9.36 Å². The summed E-state index contributed by atoms with van der Waals surface area (Å²) in [5, 5.41) is 1.86. The number of carbonyl (C=O) groups excluding carboxylic acids is 1. The van der Waals surface area contributed by atoms with Crippen LogP contribution in [-0.2, 0) is 18.8 Å². The predicted octanol–water partition coefficient (Wildman–Crippen LogP) is 1.03. The minimum Gasteiger partial charge on any atom is -0.377 e. The van der Waals surface area contributed by atoms with E-state index in [9.17, 15) is 9.36 Å². The third-order valence-corrected chi connectivity index (χ3v) is 4.03. The number of amides is 1. The fraction of sp³-hybridized carbons (Fsp3) is 0.875. The van der Waals surface area contributed by atoms with Gasteiger partial charge in [0.15, 0.2) is 5.78 Å². The molecule has 114 valence electrons. The Morgan fingerprint density at radius 1 is 1.21 bits per heavy atom. The van der Waals surface area contributed by atoms with Gasteiger partial charge in [-0.05, 0) is 0 Å². The van der Waals surface area contributed by atoms with Gasteiger partial charge < -0.3 is 24.6 Å². The molecule has 1 unspecified atom stereocenters. The van der Waals surface area contributed by atoms with Crippen molar-refractivity contribution < 1.29 is 28.6 Å². The van der Waals surface area contributed by atoms with Crippen LogP contribution in [-0.4, -0.2) is 51.7 Å². The molecule has 0 saturated carbocycles. The highest BCUT2D eigenvalue weighted by atomic mass is 35.6. The standard InChI is InChI=1S/C4H7Cl3NO4P.C4H8O2/c1-2(9)8-3(4(5,6)7)13(10,11)12;1-2-6-4-3-5-1/h3H,1H3,(H,8,9)(H2,10,11,12);1-4H2.